The van der Waals surface area contributed by atoms with Gasteiger partial charge in [0, 0.05) is 25.4 Å². The number of amides is 1. The molecule has 0 saturated carbocycles. The maximum absolute atomic E-state index is 13.0. The van der Waals surface area contributed by atoms with Gasteiger partial charge in [0.25, 0.3) is 0 Å². The van der Waals surface area contributed by atoms with Gasteiger partial charge >= 0.3 is 0 Å². The summed E-state index contributed by atoms with van der Waals surface area (Å²) in [5.74, 6) is 2.03. The van der Waals surface area contributed by atoms with E-state index < -0.39 is 0 Å². The molecule has 0 bridgehead atoms. The quantitative estimate of drug-likeness (QED) is 0.439. The van der Waals surface area contributed by atoms with E-state index >= 15 is 0 Å². The van der Waals surface area contributed by atoms with E-state index in [9.17, 15) is 4.79 Å². The predicted molar refractivity (Wildman–Crippen MR) is 121 cm³/mol. The molecule has 1 amide bonds. The van der Waals surface area contributed by atoms with Crippen LogP contribution in [0.3, 0.4) is 0 Å². The molecule has 158 valence electrons. The van der Waals surface area contributed by atoms with Crippen molar-refractivity contribution in [2.24, 2.45) is 0 Å². The lowest BCUT2D eigenvalue weighted by Crippen LogP contribution is -2.25. The van der Waals surface area contributed by atoms with Crippen molar-refractivity contribution in [1.82, 2.24) is 9.55 Å². The summed E-state index contributed by atoms with van der Waals surface area (Å²) in [7, 11) is 0. The summed E-state index contributed by atoms with van der Waals surface area (Å²) in [6.07, 6.45) is 5.33. The van der Waals surface area contributed by atoms with Gasteiger partial charge in [-0.3, -0.25) is 4.79 Å². The van der Waals surface area contributed by atoms with Crippen molar-refractivity contribution in [1.29, 1.82) is 0 Å². The number of unbranched alkanes of at least 4 members (excludes halogenated alkanes) is 3. The SMILES string of the molecule is CCCCCCn1c([C@@H]2CC(=O)N(c3ccccc3OCC)C2)nc2ccccc21. The standard InChI is InChI=1S/C25H31N3O2/c1-3-5-6-11-16-27-21-13-8-7-12-20(21)26-25(27)19-17-24(29)28(18-19)22-14-9-10-15-23(22)30-4-2/h7-10,12-15,19H,3-6,11,16-18H2,1-2H3/t19-/m1/s1. The van der Waals surface area contributed by atoms with E-state index in [4.69, 9.17) is 9.72 Å². The lowest BCUT2D eigenvalue weighted by atomic mass is 10.1. The first kappa shape index (κ1) is 20.5. The molecule has 0 aliphatic carbocycles. The number of ether oxygens (including phenoxy) is 1. The Labute approximate surface area is 178 Å². The van der Waals surface area contributed by atoms with Gasteiger partial charge in [-0.15, -0.1) is 0 Å². The first-order valence-corrected chi connectivity index (χ1v) is 11.2. The summed E-state index contributed by atoms with van der Waals surface area (Å²) in [5, 5.41) is 0. The van der Waals surface area contributed by atoms with Gasteiger partial charge in [-0.25, -0.2) is 4.98 Å². The number of benzene rings is 2. The number of hydrogen-bond donors (Lipinski definition) is 0. The first-order chi connectivity index (χ1) is 14.7. The summed E-state index contributed by atoms with van der Waals surface area (Å²) in [5.41, 5.74) is 3.05. The number of aromatic nitrogens is 2. The van der Waals surface area contributed by atoms with E-state index in [1.165, 1.54) is 24.8 Å². The Balaban J connectivity index is 1.62. The van der Waals surface area contributed by atoms with Crippen LogP contribution in [0.2, 0.25) is 0 Å². The average Bonchev–Trinajstić information content (AvgIpc) is 3.32. The van der Waals surface area contributed by atoms with Gasteiger partial charge in [-0.05, 0) is 37.6 Å². The van der Waals surface area contributed by atoms with Crippen molar-refractivity contribution in [2.75, 3.05) is 18.1 Å². The number of rotatable bonds is 9. The minimum atomic E-state index is 0.0887. The van der Waals surface area contributed by atoms with Crippen molar-refractivity contribution >= 4 is 22.6 Å². The minimum Gasteiger partial charge on any atom is -0.492 e. The van der Waals surface area contributed by atoms with Crippen LogP contribution in [0.4, 0.5) is 5.69 Å². The van der Waals surface area contributed by atoms with E-state index in [1.807, 2.05) is 42.2 Å². The zero-order valence-electron chi connectivity index (χ0n) is 18.0. The van der Waals surface area contributed by atoms with Crippen LogP contribution in [0.25, 0.3) is 11.0 Å². The third-order valence-electron chi connectivity index (χ3n) is 5.87. The summed E-state index contributed by atoms with van der Waals surface area (Å²) in [4.78, 5) is 19.8. The Bertz CT molecular complexity index is 1010. The van der Waals surface area contributed by atoms with Gasteiger partial charge in [0.05, 0.1) is 23.3 Å². The molecule has 0 unspecified atom stereocenters. The molecule has 4 rings (SSSR count). The maximum atomic E-state index is 13.0. The highest BCUT2D eigenvalue weighted by molar-refractivity contribution is 5.97. The molecule has 5 nitrogen and oxygen atoms in total. The number of imidazole rings is 1. The molecule has 5 heteroatoms. The Morgan fingerprint density at radius 3 is 2.67 bits per heavy atom. The van der Waals surface area contributed by atoms with Gasteiger partial charge in [0.15, 0.2) is 0 Å². The first-order valence-electron chi connectivity index (χ1n) is 11.2. The second-order valence-corrected chi connectivity index (χ2v) is 7.98. The molecule has 0 N–H and O–H groups in total. The van der Waals surface area contributed by atoms with E-state index in [0.717, 1.165) is 35.7 Å². The van der Waals surface area contributed by atoms with Crippen molar-refractivity contribution in [3.05, 3.63) is 54.4 Å². The number of aryl methyl sites for hydroxylation is 1. The van der Waals surface area contributed by atoms with Crippen molar-refractivity contribution in [3.8, 4) is 5.75 Å². The predicted octanol–water partition coefficient (Wildman–Crippen LogP) is 5.54. The van der Waals surface area contributed by atoms with Gasteiger partial charge in [-0.1, -0.05) is 50.5 Å². The highest BCUT2D eigenvalue weighted by atomic mass is 16.5. The molecular weight excluding hydrogens is 374 g/mol. The summed E-state index contributed by atoms with van der Waals surface area (Å²) >= 11 is 0. The molecule has 1 saturated heterocycles. The highest BCUT2D eigenvalue weighted by Gasteiger charge is 2.35. The third-order valence-corrected chi connectivity index (χ3v) is 5.87. The number of anilines is 1. The number of nitrogens with zero attached hydrogens (tertiary/aromatic N) is 3. The highest BCUT2D eigenvalue weighted by Crippen LogP contribution is 2.37. The van der Waals surface area contributed by atoms with Crippen LogP contribution in [0, 0.1) is 0 Å². The van der Waals surface area contributed by atoms with E-state index in [0.29, 0.717) is 19.6 Å². The Kier molecular flexibility index (Phi) is 6.36. The summed E-state index contributed by atoms with van der Waals surface area (Å²) < 4.78 is 8.12. The molecule has 2 heterocycles. The molecule has 2 aromatic carbocycles. The lowest BCUT2D eigenvalue weighted by molar-refractivity contribution is -0.117. The maximum Gasteiger partial charge on any atom is 0.227 e. The monoisotopic (exact) mass is 405 g/mol. The van der Waals surface area contributed by atoms with Gasteiger partial charge in [-0.2, -0.15) is 0 Å². The van der Waals surface area contributed by atoms with Gasteiger partial charge in [0.1, 0.15) is 11.6 Å². The Morgan fingerprint density at radius 2 is 1.83 bits per heavy atom. The van der Waals surface area contributed by atoms with Crippen molar-refractivity contribution in [2.45, 2.75) is 58.4 Å². The largest absolute Gasteiger partial charge is 0.492 e. The Hall–Kier alpha value is -2.82. The molecule has 1 aliphatic rings. The van der Waals surface area contributed by atoms with Crippen LogP contribution in [0.5, 0.6) is 5.75 Å². The lowest BCUT2D eigenvalue weighted by Gasteiger charge is -2.20. The van der Waals surface area contributed by atoms with Crippen LogP contribution in [0.1, 0.15) is 57.7 Å². The molecule has 1 fully saturated rings. The molecular formula is C25H31N3O2. The molecule has 0 spiro atoms. The van der Waals surface area contributed by atoms with Gasteiger partial charge < -0.3 is 14.2 Å². The van der Waals surface area contributed by atoms with Crippen LogP contribution in [0.15, 0.2) is 48.5 Å². The second-order valence-electron chi connectivity index (χ2n) is 7.98. The average molecular weight is 406 g/mol. The minimum absolute atomic E-state index is 0.0887. The molecule has 1 aliphatic heterocycles. The van der Waals surface area contributed by atoms with E-state index in [1.54, 1.807) is 0 Å². The fraction of sp³-hybridized carbons (Fsp3) is 0.440. The third kappa shape index (κ3) is 4.07. The van der Waals surface area contributed by atoms with Crippen LogP contribution in [-0.4, -0.2) is 28.6 Å². The smallest absolute Gasteiger partial charge is 0.227 e. The number of para-hydroxylation sites is 4. The zero-order valence-corrected chi connectivity index (χ0v) is 18.0. The number of hydrogen-bond acceptors (Lipinski definition) is 3. The van der Waals surface area contributed by atoms with Gasteiger partial charge in [0.2, 0.25) is 5.91 Å². The topological polar surface area (TPSA) is 47.4 Å². The molecule has 1 aromatic heterocycles. The van der Waals surface area contributed by atoms with Crippen molar-refractivity contribution in [3.63, 3.8) is 0 Å². The molecule has 3 aromatic rings. The summed E-state index contributed by atoms with van der Waals surface area (Å²) in [6, 6.07) is 16.1. The van der Waals surface area contributed by atoms with Crippen LogP contribution in [-0.2, 0) is 11.3 Å². The Morgan fingerprint density at radius 1 is 1.03 bits per heavy atom. The van der Waals surface area contributed by atoms with Crippen LogP contribution >= 0.6 is 0 Å². The normalized spacial score (nSPS) is 16.5. The molecule has 0 radical (unpaired) electrons. The number of carbonyl (C=O) groups is 1. The number of carbonyl (C=O) groups excluding carboxylic acids is 1. The van der Waals surface area contributed by atoms with E-state index in [2.05, 4.69) is 29.7 Å². The van der Waals surface area contributed by atoms with Crippen LogP contribution < -0.4 is 9.64 Å². The van der Waals surface area contributed by atoms with Crippen molar-refractivity contribution < 1.29 is 9.53 Å². The zero-order chi connectivity index (χ0) is 20.9. The second kappa shape index (κ2) is 9.33. The van der Waals surface area contributed by atoms with E-state index in [-0.39, 0.29) is 11.8 Å². The fourth-order valence-corrected chi connectivity index (χ4v) is 4.41. The number of fused-ring (bicyclic) bond motifs is 1. The fourth-order valence-electron chi connectivity index (χ4n) is 4.41. The molecule has 30 heavy (non-hydrogen) atoms. The molecule has 1 atom stereocenters. The summed E-state index contributed by atoms with van der Waals surface area (Å²) in [6.45, 7) is 6.37.